The van der Waals surface area contributed by atoms with Crippen molar-refractivity contribution in [1.29, 1.82) is 0 Å². The molecule has 0 aromatic carbocycles. The number of hydrogen-bond acceptors (Lipinski definition) is 3. The second-order valence-corrected chi connectivity index (χ2v) is 9.16. The van der Waals surface area contributed by atoms with E-state index in [9.17, 15) is 8.42 Å². The summed E-state index contributed by atoms with van der Waals surface area (Å²) in [5.41, 5.74) is 0. The first kappa shape index (κ1) is 13.9. The zero-order valence-corrected chi connectivity index (χ0v) is 13.1. The first-order valence-electron chi connectivity index (χ1n) is 6.74. The summed E-state index contributed by atoms with van der Waals surface area (Å²) in [4.78, 5) is 0.915. The third-order valence-electron chi connectivity index (χ3n) is 3.68. The summed E-state index contributed by atoms with van der Waals surface area (Å²) < 4.78 is 27.5. The summed E-state index contributed by atoms with van der Waals surface area (Å²) in [5.74, 6) is 1.55. The molecule has 1 heterocycles. The molecule has 0 unspecified atom stereocenters. The van der Waals surface area contributed by atoms with E-state index in [1.54, 1.807) is 10.4 Å². The van der Waals surface area contributed by atoms with Gasteiger partial charge in [0.15, 0.2) is 0 Å². The molecular formula is C13H18ClNO2S2. The van der Waals surface area contributed by atoms with Gasteiger partial charge in [0.2, 0.25) is 0 Å². The lowest BCUT2D eigenvalue weighted by atomic mass is 10.4. The van der Waals surface area contributed by atoms with Crippen LogP contribution in [0.15, 0.2) is 16.3 Å². The first-order valence-corrected chi connectivity index (χ1v) is 9.53. The Hall–Kier alpha value is -0.100. The van der Waals surface area contributed by atoms with Crippen molar-refractivity contribution in [1.82, 2.24) is 4.31 Å². The summed E-state index contributed by atoms with van der Waals surface area (Å²) in [6, 6.07) is 3.52. The molecule has 0 atom stereocenters. The van der Waals surface area contributed by atoms with Crippen LogP contribution in [0.5, 0.6) is 0 Å². The molecule has 2 aliphatic carbocycles. The highest BCUT2D eigenvalue weighted by atomic mass is 35.5. The van der Waals surface area contributed by atoms with E-state index >= 15 is 0 Å². The van der Waals surface area contributed by atoms with Crippen molar-refractivity contribution in [2.75, 3.05) is 13.1 Å². The molecule has 0 spiro atoms. The lowest BCUT2D eigenvalue weighted by molar-refractivity contribution is 0.383. The highest BCUT2D eigenvalue weighted by Crippen LogP contribution is 2.37. The molecule has 2 saturated carbocycles. The molecule has 3 nitrogen and oxygen atoms in total. The van der Waals surface area contributed by atoms with Gasteiger partial charge in [-0.1, -0.05) is 0 Å². The van der Waals surface area contributed by atoms with Crippen LogP contribution in [0, 0.1) is 11.8 Å². The smallest absolute Gasteiger partial charge is 0.206 e. The Labute approximate surface area is 123 Å². The monoisotopic (exact) mass is 319 g/mol. The molecule has 1 aromatic rings. The van der Waals surface area contributed by atoms with Crippen LogP contribution in [-0.4, -0.2) is 25.8 Å². The fourth-order valence-corrected chi connectivity index (χ4v) is 5.35. The third-order valence-corrected chi connectivity index (χ3v) is 7.51. The molecule has 2 aliphatic rings. The minimum absolute atomic E-state index is 0.380. The van der Waals surface area contributed by atoms with Gasteiger partial charge in [-0.05, 0) is 49.7 Å². The van der Waals surface area contributed by atoms with Crippen LogP contribution in [-0.2, 0) is 15.9 Å². The topological polar surface area (TPSA) is 37.4 Å². The highest BCUT2D eigenvalue weighted by Gasteiger charge is 2.36. The van der Waals surface area contributed by atoms with Gasteiger partial charge in [-0.15, -0.1) is 22.9 Å². The van der Waals surface area contributed by atoms with Crippen molar-refractivity contribution < 1.29 is 8.42 Å². The van der Waals surface area contributed by atoms with Crippen LogP contribution in [0.3, 0.4) is 0 Å². The minimum Gasteiger partial charge on any atom is -0.206 e. The van der Waals surface area contributed by atoms with E-state index in [2.05, 4.69) is 0 Å². The minimum atomic E-state index is -3.31. The number of alkyl halides is 1. The Bertz CT molecular complexity index is 533. The van der Waals surface area contributed by atoms with E-state index in [1.807, 2.05) is 6.07 Å². The van der Waals surface area contributed by atoms with Crippen LogP contribution in [0.1, 0.15) is 30.6 Å². The molecule has 1 aromatic heterocycles. The number of sulfonamides is 1. The molecule has 0 saturated heterocycles. The van der Waals surface area contributed by atoms with Crippen LogP contribution in [0.25, 0.3) is 0 Å². The lowest BCUT2D eigenvalue weighted by Gasteiger charge is -2.21. The number of halogens is 1. The van der Waals surface area contributed by atoms with Gasteiger partial charge in [-0.25, -0.2) is 8.42 Å². The third kappa shape index (κ3) is 3.32. The van der Waals surface area contributed by atoms with Crippen LogP contribution < -0.4 is 0 Å². The average Bonchev–Trinajstić information content (AvgIpc) is 3.30. The summed E-state index contributed by atoms with van der Waals surface area (Å²) in [6.45, 7) is 1.40. The lowest BCUT2D eigenvalue weighted by Crippen LogP contribution is -2.34. The maximum Gasteiger partial charge on any atom is 0.252 e. The zero-order valence-electron chi connectivity index (χ0n) is 10.7. The standard InChI is InChI=1S/C13H18ClNO2S2/c14-7-12-5-6-13(18-12)19(16,17)15(8-10-1-2-10)9-11-3-4-11/h5-6,10-11H,1-4,7-9H2. The normalized spacial score (nSPS) is 20.1. The number of rotatable bonds is 7. The van der Waals surface area contributed by atoms with Crippen LogP contribution in [0.4, 0.5) is 0 Å². The van der Waals surface area contributed by atoms with Gasteiger partial charge in [-0.2, -0.15) is 4.31 Å². The second kappa shape index (κ2) is 5.35. The van der Waals surface area contributed by atoms with E-state index in [0.29, 0.717) is 35.0 Å². The summed E-state index contributed by atoms with van der Waals surface area (Å²) in [7, 11) is -3.31. The molecule has 0 N–H and O–H groups in total. The number of thiophene rings is 1. The second-order valence-electron chi connectivity index (χ2n) is 5.56. The van der Waals surface area contributed by atoms with Gasteiger partial charge in [0.25, 0.3) is 10.0 Å². The quantitative estimate of drug-likeness (QED) is 0.723. The largest absolute Gasteiger partial charge is 0.252 e. The fourth-order valence-electron chi connectivity index (χ4n) is 2.14. The summed E-state index contributed by atoms with van der Waals surface area (Å²) >= 11 is 7.06. The van der Waals surface area contributed by atoms with Crippen molar-refractivity contribution in [2.45, 2.75) is 35.8 Å². The summed E-state index contributed by atoms with van der Waals surface area (Å²) in [6.07, 6.45) is 4.70. The Balaban J connectivity index is 1.80. The van der Waals surface area contributed by atoms with Crippen LogP contribution >= 0.6 is 22.9 Å². The molecule has 0 amide bonds. The van der Waals surface area contributed by atoms with E-state index in [0.717, 1.165) is 4.88 Å². The zero-order chi connectivity index (χ0) is 13.5. The molecule has 0 bridgehead atoms. The van der Waals surface area contributed by atoms with Crippen molar-refractivity contribution in [2.24, 2.45) is 11.8 Å². The number of hydrogen-bond donors (Lipinski definition) is 0. The molecule has 6 heteroatoms. The molecule has 106 valence electrons. The summed E-state index contributed by atoms with van der Waals surface area (Å²) in [5, 5.41) is 0. The van der Waals surface area contributed by atoms with Crippen molar-refractivity contribution in [3.63, 3.8) is 0 Å². The molecular weight excluding hydrogens is 302 g/mol. The average molecular weight is 320 g/mol. The van der Waals surface area contributed by atoms with Crippen molar-refractivity contribution >= 4 is 33.0 Å². The molecule has 19 heavy (non-hydrogen) atoms. The van der Waals surface area contributed by atoms with E-state index in [1.165, 1.54) is 37.0 Å². The van der Waals surface area contributed by atoms with Gasteiger partial charge in [0, 0.05) is 18.0 Å². The van der Waals surface area contributed by atoms with Gasteiger partial charge in [0.1, 0.15) is 4.21 Å². The fraction of sp³-hybridized carbons (Fsp3) is 0.692. The SMILES string of the molecule is O=S(=O)(c1ccc(CCl)s1)N(CC1CC1)CC1CC1. The molecule has 0 radical (unpaired) electrons. The Morgan fingerprint density at radius 1 is 1.16 bits per heavy atom. The Morgan fingerprint density at radius 3 is 2.16 bits per heavy atom. The van der Waals surface area contributed by atoms with Gasteiger partial charge in [0.05, 0.1) is 5.88 Å². The van der Waals surface area contributed by atoms with Gasteiger partial charge in [-0.3, -0.25) is 0 Å². The maximum atomic E-state index is 12.7. The van der Waals surface area contributed by atoms with Crippen molar-refractivity contribution in [3.05, 3.63) is 17.0 Å². The molecule has 2 fully saturated rings. The highest BCUT2D eigenvalue weighted by molar-refractivity contribution is 7.91. The predicted molar refractivity (Wildman–Crippen MR) is 78.1 cm³/mol. The van der Waals surface area contributed by atoms with Gasteiger partial charge >= 0.3 is 0 Å². The van der Waals surface area contributed by atoms with E-state index < -0.39 is 10.0 Å². The van der Waals surface area contributed by atoms with Gasteiger partial charge < -0.3 is 0 Å². The molecule has 0 aliphatic heterocycles. The van der Waals surface area contributed by atoms with Crippen molar-refractivity contribution in [3.8, 4) is 0 Å². The van der Waals surface area contributed by atoms with E-state index in [4.69, 9.17) is 11.6 Å². The molecule has 3 rings (SSSR count). The van der Waals surface area contributed by atoms with E-state index in [-0.39, 0.29) is 0 Å². The Morgan fingerprint density at radius 2 is 1.74 bits per heavy atom. The first-order chi connectivity index (χ1) is 9.09. The Kier molecular flexibility index (Phi) is 3.91. The predicted octanol–water partition coefficient (Wildman–Crippen LogP) is 3.30. The maximum absolute atomic E-state index is 12.7. The van der Waals surface area contributed by atoms with Crippen LogP contribution in [0.2, 0.25) is 0 Å². The number of nitrogens with zero attached hydrogens (tertiary/aromatic N) is 1.